The van der Waals surface area contributed by atoms with E-state index >= 15 is 0 Å². The molecule has 0 spiro atoms. The number of aromatic amines is 2. The van der Waals surface area contributed by atoms with E-state index in [0.717, 1.165) is 18.2 Å². The fourth-order valence-electron chi connectivity index (χ4n) is 3.80. The van der Waals surface area contributed by atoms with Crippen LogP contribution in [-0.2, 0) is 6.54 Å². The lowest BCUT2D eigenvalue weighted by Gasteiger charge is -2.32. The molecule has 1 aliphatic rings. The van der Waals surface area contributed by atoms with Gasteiger partial charge in [-0.05, 0) is 37.3 Å². The van der Waals surface area contributed by atoms with Crippen LogP contribution in [0.4, 0.5) is 0 Å². The van der Waals surface area contributed by atoms with Gasteiger partial charge in [-0.1, -0.05) is 18.2 Å². The highest BCUT2D eigenvalue weighted by Gasteiger charge is 2.29. The van der Waals surface area contributed by atoms with Crippen LogP contribution < -0.4 is 11.2 Å². The third-order valence-corrected chi connectivity index (χ3v) is 5.16. The molecule has 1 aliphatic heterocycles. The second-order valence-electron chi connectivity index (χ2n) is 6.82. The van der Waals surface area contributed by atoms with E-state index in [4.69, 9.17) is 0 Å². The van der Waals surface area contributed by atoms with E-state index in [2.05, 4.69) is 15.2 Å². The molecule has 4 rings (SSSR count). The molecule has 8 nitrogen and oxygen atoms in total. The summed E-state index contributed by atoms with van der Waals surface area (Å²) < 4.78 is 1.60. The number of benzene rings is 1. The molecule has 2 N–H and O–H groups in total. The fraction of sp³-hybridized carbons (Fsp3) is 0.368. The standard InChI is InChI=1S/C19H21N5O3/c1-2-24-16(21-22-19(24)27)13-7-5-9-23(11-13)18(26)14-10-12-6-3-4-8-15(12)20-17(14)25/h3-4,6,8,10,13H,2,5,7,9,11H2,1H3,(H,20,25)(H,22,27)/t13-/m1/s1. The Kier molecular flexibility index (Phi) is 4.39. The van der Waals surface area contributed by atoms with Crippen LogP contribution in [0, 0.1) is 0 Å². The van der Waals surface area contributed by atoms with Gasteiger partial charge in [-0.3, -0.25) is 14.2 Å². The second kappa shape index (κ2) is 6.86. The number of aromatic nitrogens is 4. The van der Waals surface area contributed by atoms with Crippen LogP contribution in [0.15, 0.2) is 39.9 Å². The molecule has 2 aromatic heterocycles. The first-order valence-electron chi connectivity index (χ1n) is 9.15. The minimum Gasteiger partial charge on any atom is -0.338 e. The predicted octanol–water partition coefficient (Wildman–Crippen LogP) is 1.45. The predicted molar refractivity (Wildman–Crippen MR) is 101 cm³/mol. The van der Waals surface area contributed by atoms with Gasteiger partial charge < -0.3 is 9.88 Å². The fourth-order valence-corrected chi connectivity index (χ4v) is 3.80. The zero-order chi connectivity index (χ0) is 19.0. The van der Waals surface area contributed by atoms with Crippen LogP contribution in [0.3, 0.4) is 0 Å². The molecular weight excluding hydrogens is 346 g/mol. The Bertz CT molecular complexity index is 1110. The average Bonchev–Trinajstić information content (AvgIpc) is 3.07. The number of carbonyl (C=O) groups excluding carboxylic acids is 1. The molecule has 140 valence electrons. The number of nitrogens with zero attached hydrogens (tertiary/aromatic N) is 3. The topological polar surface area (TPSA) is 104 Å². The molecule has 0 aliphatic carbocycles. The lowest BCUT2D eigenvalue weighted by molar-refractivity contribution is 0.0701. The quantitative estimate of drug-likeness (QED) is 0.731. The van der Waals surface area contributed by atoms with Gasteiger partial charge in [-0.2, -0.15) is 5.10 Å². The van der Waals surface area contributed by atoms with E-state index in [0.29, 0.717) is 31.0 Å². The van der Waals surface area contributed by atoms with Crippen molar-refractivity contribution in [3.05, 3.63) is 62.6 Å². The molecule has 0 bridgehead atoms. The lowest BCUT2D eigenvalue weighted by atomic mass is 9.96. The van der Waals surface area contributed by atoms with Gasteiger partial charge >= 0.3 is 5.69 Å². The Morgan fingerprint density at radius 2 is 2.11 bits per heavy atom. The summed E-state index contributed by atoms with van der Waals surface area (Å²) in [4.78, 5) is 41.7. The summed E-state index contributed by atoms with van der Waals surface area (Å²) in [6, 6.07) is 9.03. The Morgan fingerprint density at radius 1 is 1.30 bits per heavy atom. The van der Waals surface area contributed by atoms with Gasteiger partial charge in [0.25, 0.3) is 11.5 Å². The van der Waals surface area contributed by atoms with E-state index in [1.807, 2.05) is 31.2 Å². The van der Waals surface area contributed by atoms with E-state index in [-0.39, 0.29) is 28.6 Å². The summed E-state index contributed by atoms with van der Waals surface area (Å²) in [7, 11) is 0. The zero-order valence-electron chi connectivity index (χ0n) is 15.1. The number of amides is 1. The van der Waals surface area contributed by atoms with Crippen molar-refractivity contribution in [1.82, 2.24) is 24.6 Å². The van der Waals surface area contributed by atoms with Gasteiger partial charge in [0.1, 0.15) is 11.4 Å². The molecule has 8 heteroatoms. The maximum absolute atomic E-state index is 13.0. The van der Waals surface area contributed by atoms with Crippen molar-refractivity contribution in [1.29, 1.82) is 0 Å². The minimum atomic E-state index is -0.383. The van der Waals surface area contributed by atoms with Crippen LogP contribution >= 0.6 is 0 Å². The summed E-state index contributed by atoms with van der Waals surface area (Å²) in [6.45, 7) is 3.44. The van der Waals surface area contributed by atoms with Gasteiger partial charge in [0.05, 0.1) is 0 Å². The highest BCUT2D eigenvalue weighted by atomic mass is 16.2. The largest absolute Gasteiger partial charge is 0.343 e. The third kappa shape index (κ3) is 3.07. The number of rotatable bonds is 3. The average molecular weight is 367 g/mol. The molecule has 3 heterocycles. The molecule has 3 aromatic rings. The first-order chi connectivity index (χ1) is 13.1. The van der Waals surface area contributed by atoms with Crippen molar-refractivity contribution in [3.63, 3.8) is 0 Å². The smallest absolute Gasteiger partial charge is 0.338 e. The van der Waals surface area contributed by atoms with Crippen molar-refractivity contribution in [3.8, 4) is 0 Å². The first kappa shape index (κ1) is 17.3. The van der Waals surface area contributed by atoms with Gasteiger partial charge in [0, 0.05) is 31.1 Å². The Morgan fingerprint density at radius 3 is 2.93 bits per heavy atom. The number of H-pyrrole nitrogens is 2. The van der Waals surface area contributed by atoms with E-state index in [1.54, 1.807) is 15.5 Å². The molecule has 1 saturated heterocycles. The minimum absolute atomic E-state index is 0.0267. The van der Waals surface area contributed by atoms with Crippen molar-refractivity contribution in [2.75, 3.05) is 13.1 Å². The second-order valence-corrected chi connectivity index (χ2v) is 6.82. The summed E-state index contributed by atoms with van der Waals surface area (Å²) >= 11 is 0. The van der Waals surface area contributed by atoms with Gasteiger partial charge in [0.2, 0.25) is 0 Å². The number of hydrogen-bond acceptors (Lipinski definition) is 4. The van der Waals surface area contributed by atoms with Crippen LogP contribution in [-0.4, -0.2) is 43.6 Å². The molecule has 1 aromatic carbocycles. The summed E-state index contributed by atoms with van der Waals surface area (Å²) in [5.74, 6) is 0.362. The van der Waals surface area contributed by atoms with Crippen molar-refractivity contribution >= 4 is 16.8 Å². The molecule has 1 fully saturated rings. The highest BCUT2D eigenvalue weighted by molar-refractivity contribution is 5.97. The summed E-state index contributed by atoms with van der Waals surface area (Å²) in [5.41, 5.74) is 0.233. The number of nitrogens with one attached hydrogen (secondary N) is 2. The number of hydrogen-bond donors (Lipinski definition) is 2. The summed E-state index contributed by atoms with van der Waals surface area (Å²) in [5, 5.41) is 7.46. The number of likely N-dealkylation sites (tertiary alicyclic amines) is 1. The maximum atomic E-state index is 13.0. The van der Waals surface area contributed by atoms with E-state index in [9.17, 15) is 14.4 Å². The highest BCUT2D eigenvalue weighted by Crippen LogP contribution is 2.26. The Labute approximate surface area is 154 Å². The van der Waals surface area contributed by atoms with Crippen LogP contribution in [0.2, 0.25) is 0 Å². The molecule has 1 amide bonds. The zero-order valence-corrected chi connectivity index (χ0v) is 15.1. The first-order valence-corrected chi connectivity index (χ1v) is 9.15. The molecular formula is C19H21N5O3. The van der Waals surface area contributed by atoms with Crippen LogP contribution in [0.5, 0.6) is 0 Å². The Balaban J connectivity index is 1.63. The van der Waals surface area contributed by atoms with Gasteiger partial charge in [-0.25, -0.2) is 9.89 Å². The van der Waals surface area contributed by atoms with Crippen molar-refractivity contribution < 1.29 is 4.79 Å². The molecule has 0 radical (unpaired) electrons. The number of pyridine rings is 1. The van der Waals surface area contributed by atoms with Crippen molar-refractivity contribution in [2.24, 2.45) is 0 Å². The summed E-state index contributed by atoms with van der Waals surface area (Å²) in [6.07, 6.45) is 1.65. The lowest BCUT2D eigenvalue weighted by Crippen LogP contribution is -2.41. The molecule has 1 atom stereocenters. The van der Waals surface area contributed by atoms with Crippen LogP contribution in [0.25, 0.3) is 10.9 Å². The van der Waals surface area contributed by atoms with Crippen molar-refractivity contribution in [2.45, 2.75) is 32.2 Å². The van der Waals surface area contributed by atoms with Gasteiger partial charge in [0.15, 0.2) is 0 Å². The Hall–Kier alpha value is -3.16. The molecule has 27 heavy (non-hydrogen) atoms. The SMILES string of the molecule is CCn1c([C@@H]2CCCN(C(=O)c3cc4ccccc4[nH]c3=O)C2)n[nH]c1=O. The molecule has 0 saturated carbocycles. The van der Waals surface area contributed by atoms with Gasteiger partial charge in [-0.15, -0.1) is 0 Å². The number of fused-ring (bicyclic) bond motifs is 1. The van der Waals surface area contributed by atoms with E-state index in [1.165, 1.54) is 0 Å². The normalized spacial score (nSPS) is 17.4. The van der Waals surface area contributed by atoms with E-state index < -0.39 is 0 Å². The monoisotopic (exact) mass is 367 g/mol. The number of para-hydroxylation sites is 1. The third-order valence-electron chi connectivity index (χ3n) is 5.16. The molecule has 0 unspecified atom stereocenters. The number of carbonyl (C=O) groups is 1. The number of piperidine rings is 1. The maximum Gasteiger partial charge on any atom is 0.343 e. The van der Waals surface area contributed by atoms with Crippen LogP contribution in [0.1, 0.15) is 41.9 Å².